The summed E-state index contributed by atoms with van der Waals surface area (Å²) >= 11 is 0. The predicted octanol–water partition coefficient (Wildman–Crippen LogP) is 3.37. The highest BCUT2D eigenvalue weighted by atomic mass is 16.7. The van der Waals surface area contributed by atoms with Crippen LogP contribution in [0.25, 0.3) is 0 Å². The summed E-state index contributed by atoms with van der Waals surface area (Å²) in [5.41, 5.74) is 0. The number of carbonyl (C=O) groups is 1. The molecule has 0 bridgehead atoms. The third-order valence-corrected chi connectivity index (χ3v) is 10.2. The lowest BCUT2D eigenvalue weighted by Gasteiger charge is -2.46. The topological polar surface area (TPSA) is 228 Å². The zero-order valence-corrected chi connectivity index (χ0v) is 34.3. The van der Waals surface area contributed by atoms with Crippen molar-refractivity contribution in [3.63, 3.8) is 0 Å². The molecule has 9 N–H and O–H groups in total. The Morgan fingerprint density at radius 2 is 1.18 bits per heavy atom. The number of hydrogen-bond donors (Lipinski definition) is 9. The van der Waals surface area contributed by atoms with Gasteiger partial charge in [0.2, 0.25) is 5.91 Å². The van der Waals surface area contributed by atoms with Crippen LogP contribution in [0.1, 0.15) is 123 Å². The number of rotatable bonds is 30. The van der Waals surface area contributed by atoms with Crippen LogP contribution in [-0.2, 0) is 23.7 Å². The number of aliphatic hydroxyl groups excluding tert-OH is 8. The van der Waals surface area contributed by atoms with E-state index in [9.17, 15) is 45.6 Å². The molecule has 2 heterocycles. The van der Waals surface area contributed by atoms with Crippen LogP contribution < -0.4 is 5.32 Å². The second-order valence-corrected chi connectivity index (χ2v) is 15.1. The van der Waals surface area contributed by atoms with Crippen molar-refractivity contribution in [2.24, 2.45) is 0 Å². The van der Waals surface area contributed by atoms with E-state index in [2.05, 4.69) is 55.6 Å². The van der Waals surface area contributed by atoms with Gasteiger partial charge >= 0.3 is 0 Å². The highest BCUT2D eigenvalue weighted by Crippen LogP contribution is 2.29. The summed E-state index contributed by atoms with van der Waals surface area (Å²) in [5.74, 6) is -0.270. The van der Waals surface area contributed by atoms with Crippen LogP contribution in [0.2, 0.25) is 0 Å². The Hall–Kier alpha value is -2.05. The van der Waals surface area contributed by atoms with Gasteiger partial charge in [0.05, 0.1) is 32.0 Å². The molecule has 12 atom stereocenters. The number of nitrogens with one attached hydrogen (secondary N) is 1. The molecule has 0 aromatic carbocycles. The number of unbranched alkanes of at least 4 members (excludes halogenated alkanes) is 11. The van der Waals surface area contributed by atoms with Crippen molar-refractivity contribution in [1.82, 2.24) is 5.32 Å². The number of ether oxygens (including phenoxy) is 4. The molecule has 2 fully saturated rings. The highest BCUT2D eigenvalue weighted by molar-refractivity contribution is 5.76. The molecular weight excluding hydrogens is 738 g/mol. The third kappa shape index (κ3) is 19.7. The van der Waals surface area contributed by atoms with Crippen LogP contribution in [0.4, 0.5) is 0 Å². The number of hydrogen-bond acceptors (Lipinski definition) is 13. The van der Waals surface area contributed by atoms with Crippen LogP contribution in [0.15, 0.2) is 48.6 Å². The summed E-state index contributed by atoms with van der Waals surface area (Å²) < 4.78 is 22.5. The van der Waals surface area contributed by atoms with E-state index in [4.69, 9.17) is 18.9 Å². The molecule has 0 aromatic heterocycles. The fourth-order valence-electron chi connectivity index (χ4n) is 6.67. The molecule has 14 nitrogen and oxygen atoms in total. The highest BCUT2D eigenvalue weighted by Gasteiger charge is 2.50. The van der Waals surface area contributed by atoms with Gasteiger partial charge in [-0.05, 0) is 64.2 Å². The molecule has 2 saturated heterocycles. The zero-order chi connectivity index (χ0) is 41.8. The first-order chi connectivity index (χ1) is 27.6. The van der Waals surface area contributed by atoms with Gasteiger partial charge in [0.25, 0.3) is 0 Å². The average molecular weight is 814 g/mol. The second kappa shape index (κ2) is 30.9. The molecule has 2 aliphatic rings. The maximum absolute atomic E-state index is 13.0. The smallest absolute Gasteiger partial charge is 0.220 e. The van der Waals surface area contributed by atoms with E-state index < -0.39 is 86.8 Å². The molecule has 330 valence electrons. The molecule has 0 radical (unpaired) electrons. The lowest BCUT2D eigenvalue weighted by atomic mass is 9.97. The maximum Gasteiger partial charge on any atom is 0.220 e. The van der Waals surface area contributed by atoms with Crippen LogP contribution in [0, 0.1) is 0 Å². The molecule has 14 heteroatoms. The fourth-order valence-corrected chi connectivity index (χ4v) is 6.67. The van der Waals surface area contributed by atoms with Gasteiger partial charge in [-0.15, -0.1) is 0 Å². The Morgan fingerprint density at radius 1 is 0.632 bits per heavy atom. The van der Waals surface area contributed by atoms with Crippen LogP contribution in [-0.4, -0.2) is 140 Å². The van der Waals surface area contributed by atoms with Gasteiger partial charge in [-0.1, -0.05) is 101 Å². The summed E-state index contributed by atoms with van der Waals surface area (Å²) in [6.45, 7) is 2.56. The summed E-state index contributed by atoms with van der Waals surface area (Å²) in [5, 5.41) is 86.2. The second-order valence-electron chi connectivity index (χ2n) is 15.1. The van der Waals surface area contributed by atoms with E-state index >= 15 is 0 Å². The Kier molecular flexibility index (Phi) is 27.7. The van der Waals surface area contributed by atoms with Crippen LogP contribution in [0.3, 0.4) is 0 Å². The first-order valence-corrected chi connectivity index (χ1v) is 21.4. The normalized spacial score (nSPS) is 29.6. The molecule has 1 amide bonds. The molecule has 0 saturated carbocycles. The molecule has 57 heavy (non-hydrogen) atoms. The standard InChI is InChI=1S/C43H75NO13/c1-3-5-7-9-11-13-15-16-17-19-21-23-25-27-35(48)44-31(32(47)26-24-22-20-18-14-12-10-8-6-4-2)30-54-42-40(53)38(51)41(34(29-46)56-42)57-43-39(52)37(50)36(49)33(28-45)55-43/h6,8,13-15,18,24,26,31-34,36-43,45-47,49-53H,3-5,7,9-12,16-17,19-23,25,27-30H2,1-2H3,(H,44,48)/b8-6+,15-13-,18-14+,26-24+. The van der Waals surface area contributed by atoms with Gasteiger partial charge < -0.3 is 65.1 Å². The molecule has 2 aliphatic heterocycles. The van der Waals surface area contributed by atoms with Gasteiger partial charge in [0.1, 0.15) is 48.8 Å². The molecule has 12 unspecified atom stereocenters. The number of aliphatic hydroxyl groups is 8. The third-order valence-electron chi connectivity index (χ3n) is 10.2. The predicted molar refractivity (Wildman–Crippen MR) is 217 cm³/mol. The first-order valence-electron chi connectivity index (χ1n) is 21.4. The van der Waals surface area contributed by atoms with Crippen molar-refractivity contribution in [2.45, 2.75) is 197 Å². The van der Waals surface area contributed by atoms with Crippen molar-refractivity contribution in [3.05, 3.63) is 48.6 Å². The number of amides is 1. The Balaban J connectivity index is 1.95. The van der Waals surface area contributed by atoms with E-state index in [0.29, 0.717) is 12.8 Å². The SMILES string of the molecule is CC/C=C/CC/C=C/CC/C=C/C(O)C(COC1OC(CO)C(OC2OC(CO)C(O)C(O)C2O)C(O)C1O)NC(=O)CCCCCCC/C=C\CCCCCC. The number of carbonyl (C=O) groups excluding carboxylic acids is 1. The monoisotopic (exact) mass is 814 g/mol. The van der Waals surface area contributed by atoms with E-state index in [-0.39, 0.29) is 18.9 Å². The Labute approximate surface area is 340 Å². The fraction of sp³-hybridized carbons (Fsp3) is 0.791. The quantitative estimate of drug-likeness (QED) is 0.0375. The minimum Gasteiger partial charge on any atom is -0.394 e. The average Bonchev–Trinajstić information content (AvgIpc) is 3.21. The van der Waals surface area contributed by atoms with Gasteiger partial charge in [-0.25, -0.2) is 0 Å². The molecular formula is C43H75NO13. The maximum atomic E-state index is 13.0. The van der Waals surface area contributed by atoms with Gasteiger partial charge in [-0.3, -0.25) is 4.79 Å². The van der Waals surface area contributed by atoms with Gasteiger partial charge in [0, 0.05) is 6.42 Å². The Morgan fingerprint density at radius 3 is 1.81 bits per heavy atom. The molecule has 2 rings (SSSR count). The van der Waals surface area contributed by atoms with Crippen molar-refractivity contribution >= 4 is 5.91 Å². The van der Waals surface area contributed by atoms with E-state index in [1.54, 1.807) is 6.08 Å². The van der Waals surface area contributed by atoms with Crippen molar-refractivity contribution in [3.8, 4) is 0 Å². The molecule has 0 aromatic rings. The first kappa shape index (κ1) is 51.1. The summed E-state index contributed by atoms with van der Waals surface area (Å²) in [4.78, 5) is 13.0. The minimum atomic E-state index is -1.79. The summed E-state index contributed by atoms with van der Waals surface area (Å²) in [7, 11) is 0. The largest absolute Gasteiger partial charge is 0.394 e. The van der Waals surface area contributed by atoms with E-state index in [1.165, 1.54) is 25.7 Å². The minimum absolute atomic E-state index is 0.258. The van der Waals surface area contributed by atoms with Crippen molar-refractivity contribution < 1.29 is 64.6 Å². The van der Waals surface area contributed by atoms with Crippen LogP contribution >= 0.6 is 0 Å². The van der Waals surface area contributed by atoms with Crippen molar-refractivity contribution in [2.75, 3.05) is 19.8 Å². The zero-order valence-electron chi connectivity index (χ0n) is 34.3. The van der Waals surface area contributed by atoms with Crippen LogP contribution in [0.5, 0.6) is 0 Å². The lowest BCUT2D eigenvalue weighted by molar-refractivity contribution is -0.359. The number of allylic oxidation sites excluding steroid dienone is 7. The van der Waals surface area contributed by atoms with Gasteiger partial charge in [0.15, 0.2) is 12.6 Å². The Bertz CT molecular complexity index is 1150. The molecule has 0 aliphatic carbocycles. The lowest BCUT2D eigenvalue weighted by Crippen LogP contribution is -2.65. The summed E-state index contributed by atoms with van der Waals surface area (Å²) in [6, 6.07) is -0.938. The van der Waals surface area contributed by atoms with E-state index in [1.807, 2.05) is 6.08 Å². The van der Waals surface area contributed by atoms with Gasteiger partial charge in [-0.2, -0.15) is 0 Å². The molecule has 0 spiro atoms. The van der Waals surface area contributed by atoms with E-state index in [0.717, 1.165) is 64.2 Å². The van der Waals surface area contributed by atoms with Crippen molar-refractivity contribution in [1.29, 1.82) is 0 Å². The summed E-state index contributed by atoms with van der Waals surface area (Å²) in [6.07, 6.45) is 16.1.